The maximum atomic E-state index is 9.74. The van der Waals surface area contributed by atoms with Gasteiger partial charge in [-0.3, -0.25) is 0 Å². The zero-order valence-corrected chi connectivity index (χ0v) is 14.1. The van der Waals surface area contributed by atoms with Gasteiger partial charge in [-0.25, -0.2) is 0 Å². The van der Waals surface area contributed by atoms with Crippen LogP contribution in [0.5, 0.6) is 0 Å². The van der Waals surface area contributed by atoms with E-state index in [0.717, 1.165) is 31.1 Å². The van der Waals surface area contributed by atoms with Crippen LogP contribution in [0.1, 0.15) is 84.5 Å². The summed E-state index contributed by atoms with van der Waals surface area (Å²) < 4.78 is 0. The fourth-order valence-electron chi connectivity index (χ4n) is 2.75. The largest absolute Gasteiger partial charge is 0.380 e. The first kappa shape index (κ1) is 18.3. The fraction of sp³-hybridized carbons (Fsp3) is 0.800. The average Bonchev–Trinajstić information content (AvgIpc) is 3.21. The standard InChI is InChI=1S/C20H34O/c1-3-5-7-8-9-11-13-18-17-19(18)14-12-16-20(21)15-10-6-4-2/h8-9,18-21H,3-7,10-11,13-15,17H2,1-2H3/b9-8-/t18-,19+,20-/m1/s1. The quantitative estimate of drug-likeness (QED) is 0.303. The lowest BCUT2D eigenvalue weighted by molar-refractivity contribution is 0.217. The van der Waals surface area contributed by atoms with Gasteiger partial charge in [0, 0.05) is 6.42 Å². The highest BCUT2D eigenvalue weighted by molar-refractivity contribution is 5.08. The molecule has 0 aliphatic heterocycles. The molecule has 0 aromatic heterocycles. The van der Waals surface area contributed by atoms with E-state index in [4.69, 9.17) is 0 Å². The highest BCUT2D eigenvalue weighted by Gasteiger charge is 2.34. The summed E-state index contributed by atoms with van der Waals surface area (Å²) in [5.74, 6) is 7.93. The van der Waals surface area contributed by atoms with Gasteiger partial charge in [0.05, 0.1) is 0 Å². The Labute approximate surface area is 132 Å². The first-order valence-electron chi connectivity index (χ1n) is 9.09. The summed E-state index contributed by atoms with van der Waals surface area (Å²) in [4.78, 5) is 0. The van der Waals surface area contributed by atoms with Crippen molar-refractivity contribution in [2.24, 2.45) is 11.8 Å². The van der Waals surface area contributed by atoms with Gasteiger partial charge in [-0.1, -0.05) is 57.6 Å². The van der Waals surface area contributed by atoms with Gasteiger partial charge in [0.15, 0.2) is 0 Å². The van der Waals surface area contributed by atoms with Crippen LogP contribution in [-0.2, 0) is 0 Å². The van der Waals surface area contributed by atoms with E-state index >= 15 is 0 Å². The molecule has 1 nitrogen and oxygen atoms in total. The van der Waals surface area contributed by atoms with Crippen molar-refractivity contribution in [1.29, 1.82) is 0 Å². The van der Waals surface area contributed by atoms with Crippen LogP contribution in [0.3, 0.4) is 0 Å². The van der Waals surface area contributed by atoms with Crippen LogP contribution in [0.25, 0.3) is 0 Å². The van der Waals surface area contributed by atoms with Crippen molar-refractivity contribution < 1.29 is 5.11 Å². The van der Waals surface area contributed by atoms with Gasteiger partial charge < -0.3 is 5.11 Å². The van der Waals surface area contributed by atoms with E-state index in [1.807, 2.05) is 0 Å². The molecule has 3 atom stereocenters. The summed E-state index contributed by atoms with van der Waals surface area (Å²) in [7, 11) is 0. The number of allylic oxidation sites excluding steroid dienone is 2. The zero-order chi connectivity index (χ0) is 15.3. The van der Waals surface area contributed by atoms with Crippen LogP contribution in [0.15, 0.2) is 12.2 Å². The maximum Gasteiger partial charge on any atom is 0.114 e. The highest BCUT2D eigenvalue weighted by atomic mass is 16.3. The Morgan fingerprint density at radius 3 is 2.57 bits per heavy atom. The van der Waals surface area contributed by atoms with E-state index in [0.29, 0.717) is 0 Å². The van der Waals surface area contributed by atoms with Crippen molar-refractivity contribution in [3.63, 3.8) is 0 Å². The molecule has 0 unspecified atom stereocenters. The van der Waals surface area contributed by atoms with Gasteiger partial charge in [-0.05, 0) is 50.4 Å². The minimum Gasteiger partial charge on any atom is -0.380 e. The van der Waals surface area contributed by atoms with Gasteiger partial charge in [0.2, 0.25) is 0 Å². The van der Waals surface area contributed by atoms with Gasteiger partial charge in [-0.15, -0.1) is 5.92 Å². The van der Waals surface area contributed by atoms with E-state index in [1.165, 1.54) is 51.4 Å². The van der Waals surface area contributed by atoms with E-state index < -0.39 is 6.10 Å². The summed E-state index contributed by atoms with van der Waals surface area (Å²) in [6.45, 7) is 4.43. The van der Waals surface area contributed by atoms with Crippen molar-refractivity contribution in [1.82, 2.24) is 0 Å². The van der Waals surface area contributed by atoms with Gasteiger partial charge in [0.25, 0.3) is 0 Å². The normalized spacial score (nSPS) is 22.0. The van der Waals surface area contributed by atoms with Crippen molar-refractivity contribution in [3.8, 4) is 11.8 Å². The van der Waals surface area contributed by atoms with Gasteiger partial charge in [-0.2, -0.15) is 0 Å². The Balaban J connectivity index is 2.00. The lowest BCUT2D eigenvalue weighted by atomic mass is 10.1. The Morgan fingerprint density at radius 2 is 1.81 bits per heavy atom. The van der Waals surface area contributed by atoms with Crippen molar-refractivity contribution in [2.45, 2.75) is 90.6 Å². The number of rotatable bonds is 11. The highest BCUT2D eigenvalue weighted by Crippen LogP contribution is 2.44. The third-order valence-corrected chi connectivity index (χ3v) is 4.38. The Morgan fingerprint density at radius 1 is 1.05 bits per heavy atom. The molecule has 1 aliphatic carbocycles. The maximum absolute atomic E-state index is 9.74. The van der Waals surface area contributed by atoms with E-state index in [9.17, 15) is 5.11 Å². The molecule has 21 heavy (non-hydrogen) atoms. The number of unbranched alkanes of at least 4 members (excludes halogenated alkanes) is 4. The molecule has 0 bridgehead atoms. The SMILES string of the molecule is CCCC/C=C\CC[C@@H]1C[C@@H]1CC#C[C@H](O)CCCCC. The smallest absolute Gasteiger partial charge is 0.114 e. The second kappa shape index (κ2) is 11.9. The van der Waals surface area contributed by atoms with Crippen molar-refractivity contribution >= 4 is 0 Å². The summed E-state index contributed by atoms with van der Waals surface area (Å²) in [6.07, 6.45) is 17.4. The monoisotopic (exact) mass is 290 g/mol. The molecular weight excluding hydrogens is 256 g/mol. The summed E-state index contributed by atoms with van der Waals surface area (Å²) in [5, 5.41) is 9.74. The Hall–Kier alpha value is -0.740. The molecule has 0 heterocycles. The molecular formula is C20H34O. The first-order valence-corrected chi connectivity index (χ1v) is 9.09. The second-order valence-electron chi connectivity index (χ2n) is 6.48. The number of hydrogen-bond donors (Lipinski definition) is 1. The van der Waals surface area contributed by atoms with Crippen LogP contribution in [-0.4, -0.2) is 11.2 Å². The molecule has 1 aliphatic rings. The summed E-state index contributed by atoms with van der Waals surface area (Å²) >= 11 is 0. The minimum absolute atomic E-state index is 0.393. The number of hydrogen-bond acceptors (Lipinski definition) is 1. The van der Waals surface area contributed by atoms with E-state index in [2.05, 4.69) is 37.8 Å². The number of aliphatic hydroxyl groups is 1. The molecule has 0 aromatic carbocycles. The van der Waals surface area contributed by atoms with Crippen LogP contribution in [0.2, 0.25) is 0 Å². The molecule has 120 valence electrons. The van der Waals surface area contributed by atoms with Crippen LogP contribution in [0, 0.1) is 23.7 Å². The molecule has 0 spiro atoms. The fourth-order valence-corrected chi connectivity index (χ4v) is 2.75. The van der Waals surface area contributed by atoms with Crippen molar-refractivity contribution in [3.05, 3.63) is 12.2 Å². The Kier molecular flexibility index (Phi) is 10.3. The molecule has 1 heteroatoms. The summed E-state index contributed by atoms with van der Waals surface area (Å²) in [6, 6.07) is 0. The molecule has 0 amide bonds. The second-order valence-corrected chi connectivity index (χ2v) is 6.48. The topological polar surface area (TPSA) is 20.2 Å². The van der Waals surface area contributed by atoms with Crippen LogP contribution < -0.4 is 0 Å². The molecule has 1 saturated carbocycles. The van der Waals surface area contributed by atoms with Crippen LogP contribution >= 0.6 is 0 Å². The molecule has 1 fully saturated rings. The predicted molar refractivity (Wildman–Crippen MR) is 92.0 cm³/mol. The van der Waals surface area contributed by atoms with Crippen molar-refractivity contribution in [2.75, 3.05) is 0 Å². The third-order valence-electron chi connectivity index (χ3n) is 4.38. The number of aliphatic hydroxyl groups excluding tert-OH is 1. The molecule has 0 aromatic rings. The molecule has 0 saturated heterocycles. The zero-order valence-electron chi connectivity index (χ0n) is 14.1. The lowest BCUT2D eigenvalue weighted by Gasteiger charge is -2.01. The van der Waals surface area contributed by atoms with E-state index in [1.54, 1.807) is 0 Å². The van der Waals surface area contributed by atoms with E-state index in [-0.39, 0.29) is 0 Å². The predicted octanol–water partition coefficient (Wildman–Crippen LogP) is 5.48. The van der Waals surface area contributed by atoms with Crippen LogP contribution in [0.4, 0.5) is 0 Å². The third kappa shape index (κ3) is 9.75. The molecule has 0 radical (unpaired) electrons. The van der Waals surface area contributed by atoms with Gasteiger partial charge in [0.1, 0.15) is 6.10 Å². The summed E-state index contributed by atoms with van der Waals surface area (Å²) in [5.41, 5.74) is 0. The lowest BCUT2D eigenvalue weighted by Crippen LogP contribution is -2.02. The molecule has 1 N–H and O–H groups in total. The minimum atomic E-state index is -0.393. The average molecular weight is 290 g/mol. The van der Waals surface area contributed by atoms with Gasteiger partial charge >= 0.3 is 0 Å². The Bertz CT molecular complexity index is 333. The first-order chi connectivity index (χ1) is 10.3. The molecule has 1 rings (SSSR count).